The molecule has 0 atom stereocenters. The normalized spacial score (nSPS) is 10.6. The second kappa shape index (κ2) is 7.31. The molecule has 0 amide bonds. The maximum absolute atomic E-state index is 13.4. The highest BCUT2D eigenvalue weighted by molar-refractivity contribution is 7.99. The third-order valence-electron chi connectivity index (χ3n) is 3.42. The fourth-order valence-corrected chi connectivity index (χ4v) is 3.10. The molecule has 0 aliphatic rings. The molecule has 0 radical (unpaired) electrons. The van der Waals surface area contributed by atoms with E-state index < -0.39 is 0 Å². The van der Waals surface area contributed by atoms with Crippen LogP contribution in [0.4, 0.5) is 4.39 Å². The third-order valence-corrected chi connectivity index (χ3v) is 4.38. The number of ether oxygens (including phenoxy) is 1. The molecule has 0 spiro atoms. The van der Waals surface area contributed by atoms with Crippen molar-refractivity contribution in [1.29, 1.82) is 0 Å². The van der Waals surface area contributed by atoms with Gasteiger partial charge >= 0.3 is 0 Å². The summed E-state index contributed by atoms with van der Waals surface area (Å²) in [6.45, 7) is 0. The van der Waals surface area contributed by atoms with Crippen LogP contribution < -0.4 is 4.74 Å². The van der Waals surface area contributed by atoms with Gasteiger partial charge in [-0.3, -0.25) is 9.36 Å². The Hall–Kier alpha value is -2.60. The molecule has 0 saturated carbocycles. The van der Waals surface area contributed by atoms with E-state index in [4.69, 9.17) is 4.74 Å². The standard InChI is InChI=1S/C18H15FN2O2S/c1-23-16-7-2-4-13(10-16)17(22)12-24-18-20-8-9-21(18)15-6-3-5-14(19)11-15/h2-11H,12H2,1H3. The van der Waals surface area contributed by atoms with E-state index in [-0.39, 0.29) is 17.4 Å². The van der Waals surface area contributed by atoms with Crippen molar-refractivity contribution in [2.75, 3.05) is 12.9 Å². The number of halogens is 1. The number of carbonyl (C=O) groups is 1. The SMILES string of the molecule is COc1cccc(C(=O)CSc2nccn2-c2cccc(F)c2)c1. The van der Waals surface area contributed by atoms with Gasteiger partial charge in [0.15, 0.2) is 10.9 Å². The van der Waals surface area contributed by atoms with Gasteiger partial charge in [0.05, 0.1) is 18.6 Å². The highest BCUT2D eigenvalue weighted by Gasteiger charge is 2.11. The number of hydrogen-bond donors (Lipinski definition) is 0. The average molecular weight is 342 g/mol. The number of aromatic nitrogens is 2. The van der Waals surface area contributed by atoms with Crippen LogP contribution in [0.3, 0.4) is 0 Å². The number of ketones is 1. The van der Waals surface area contributed by atoms with Gasteiger partial charge < -0.3 is 4.74 Å². The van der Waals surface area contributed by atoms with E-state index in [9.17, 15) is 9.18 Å². The van der Waals surface area contributed by atoms with Gasteiger partial charge in [0.2, 0.25) is 0 Å². The fraction of sp³-hybridized carbons (Fsp3) is 0.111. The summed E-state index contributed by atoms with van der Waals surface area (Å²) in [7, 11) is 1.56. The lowest BCUT2D eigenvalue weighted by atomic mass is 10.1. The van der Waals surface area contributed by atoms with Crippen LogP contribution in [0.25, 0.3) is 5.69 Å². The molecule has 0 saturated heterocycles. The Morgan fingerprint density at radius 2 is 2.08 bits per heavy atom. The van der Waals surface area contributed by atoms with Gasteiger partial charge in [0.25, 0.3) is 0 Å². The lowest BCUT2D eigenvalue weighted by Crippen LogP contribution is -2.04. The maximum atomic E-state index is 13.4. The summed E-state index contributed by atoms with van der Waals surface area (Å²) in [5, 5.41) is 0.636. The Labute approximate surface area is 143 Å². The molecule has 0 aliphatic carbocycles. The van der Waals surface area contributed by atoms with Gasteiger partial charge in [0.1, 0.15) is 11.6 Å². The van der Waals surface area contributed by atoms with Crippen molar-refractivity contribution in [2.24, 2.45) is 0 Å². The first-order valence-electron chi connectivity index (χ1n) is 7.27. The van der Waals surface area contributed by atoms with Gasteiger partial charge in [-0.05, 0) is 30.3 Å². The van der Waals surface area contributed by atoms with Crippen LogP contribution in [0.2, 0.25) is 0 Å². The zero-order valence-corrected chi connectivity index (χ0v) is 13.8. The smallest absolute Gasteiger partial charge is 0.173 e. The summed E-state index contributed by atoms with van der Waals surface area (Å²) >= 11 is 1.31. The van der Waals surface area contributed by atoms with Crippen molar-refractivity contribution in [1.82, 2.24) is 9.55 Å². The number of carbonyl (C=O) groups excluding carboxylic acids is 1. The van der Waals surface area contributed by atoms with E-state index in [1.54, 1.807) is 60.5 Å². The van der Waals surface area contributed by atoms with Gasteiger partial charge in [-0.2, -0.15) is 0 Å². The van der Waals surface area contributed by atoms with E-state index >= 15 is 0 Å². The van der Waals surface area contributed by atoms with Crippen LogP contribution in [0.15, 0.2) is 66.1 Å². The van der Waals surface area contributed by atoms with Crippen LogP contribution >= 0.6 is 11.8 Å². The molecule has 1 heterocycles. The number of hydrogen-bond acceptors (Lipinski definition) is 4. The van der Waals surface area contributed by atoms with Gasteiger partial charge in [-0.1, -0.05) is 30.0 Å². The monoisotopic (exact) mass is 342 g/mol. The van der Waals surface area contributed by atoms with E-state index in [1.807, 2.05) is 0 Å². The number of imidazole rings is 1. The lowest BCUT2D eigenvalue weighted by Gasteiger charge is -2.08. The van der Waals surface area contributed by atoms with Crippen LogP contribution in [-0.2, 0) is 0 Å². The van der Waals surface area contributed by atoms with Gasteiger partial charge in [-0.25, -0.2) is 9.37 Å². The first kappa shape index (κ1) is 16.3. The number of methoxy groups -OCH3 is 1. The van der Waals surface area contributed by atoms with Crippen molar-refractivity contribution in [3.63, 3.8) is 0 Å². The van der Waals surface area contributed by atoms with Crippen molar-refractivity contribution >= 4 is 17.5 Å². The number of Topliss-reactive ketones (excluding diaryl/α,β-unsaturated/α-hetero) is 1. The van der Waals surface area contributed by atoms with E-state index in [1.165, 1.54) is 23.9 Å². The molecule has 0 bridgehead atoms. The molecule has 1 aromatic heterocycles. The Bertz CT molecular complexity index is 863. The molecule has 122 valence electrons. The molecular formula is C18H15FN2O2S. The predicted molar refractivity (Wildman–Crippen MR) is 91.6 cm³/mol. The quantitative estimate of drug-likeness (QED) is 0.502. The second-order valence-electron chi connectivity index (χ2n) is 5.00. The molecule has 0 unspecified atom stereocenters. The molecule has 6 heteroatoms. The van der Waals surface area contributed by atoms with Gasteiger partial charge in [0, 0.05) is 18.0 Å². The zero-order valence-electron chi connectivity index (χ0n) is 13.0. The van der Waals surface area contributed by atoms with E-state index in [0.29, 0.717) is 22.2 Å². The van der Waals surface area contributed by atoms with E-state index in [2.05, 4.69) is 4.98 Å². The molecule has 0 N–H and O–H groups in total. The third kappa shape index (κ3) is 3.65. The average Bonchev–Trinajstić information content (AvgIpc) is 3.08. The molecule has 0 aliphatic heterocycles. The minimum absolute atomic E-state index is 0.0207. The molecular weight excluding hydrogens is 327 g/mol. The number of thioether (sulfide) groups is 1. The zero-order chi connectivity index (χ0) is 16.9. The highest BCUT2D eigenvalue weighted by Crippen LogP contribution is 2.22. The summed E-state index contributed by atoms with van der Waals surface area (Å²) in [6.07, 6.45) is 3.37. The first-order valence-corrected chi connectivity index (χ1v) is 8.25. The van der Waals surface area contributed by atoms with Crippen LogP contribution in [0, 0.1) is 5.82 Å². The Morgan fingerprint density at radius 1 is 1.25 bits per heavy atom. The summed E-state index contributed by atoms with van der Waals surface area (Å²) in [6, 6.07) is 13.3. The minimum Gasteiger partial charge on any atom is -0.497 e. The summed E-state index contributed by atoms with van der Waals surface area (Å²) < 4.78 is 20.3. The predicted octanol–water partition coefficient (Wildman–Crippen LogP) is 4.00. The van der Waals surface area contributed by atoms with Crippen LogP contribution in [0.1, 0.15) is 10.4 Å². The highest BCUT2D eigenvalue weighted by atomic mass is 32.2. The Balaban J connectivity index is 1.73. The largest absolute Gasteiger partial charge is 0.497 e. The number of nitrogens with zero attached hydrogens (tertiary/aromatic N) is 2. The molecule has 4 nitrogen and oxygen atoms in total. The second-order valence-corrected chi connectivity index (χ2v) is 5.95. The first-order chi connectivity index (χ1) is 11.7. The molecule has 0 fully saturated rings. The number of rotatable bonds is 6. The Morgan fingerprint density at radius 3 is 2.88 bits per heavy atom. The summed E-state index contributed by atoms with van der Waals surface area (Å²) in [5.41, 5.74) is 1.26. The molecule has 3 rings (SSSR count). The molecule has 2 aromatic carbocycles. The van der Waals surface area contributed by atoms with Crippen molar-refractivity contribution in [3.8, 4) is 11.4 Å². The molecule has 24 heavy (non-hydrogen) atoms. The Kier molecular flexibility index (Phi) is 4.96. The van der Waals surface area contributed by atoms with Gasteiger partial charge in [-0.15, -0.1) is 0 Å². The maximum Gasteiger partial charge on any atom is 0.173 e. The van der Waals surface area contributed by atoms with Crippen LogP contribution in [-0.4, -0.2) is 28.2 Å². The molecule has 3 aromatic rings. The minimum atomic E-state index is -0.315. The van der Waals surface area contributed by atoms with Crippen molar-refractivity contribution in [3.05, 3.63) is 72.3 Å². The fourth-order valence-electron chi connectivity index (χ4n) is 2.23. The summed E-state index contributed by atoms with van der Waals surface area (Å²) in [4.78, 5) is 16.6. The lowest BCUT2D eigenvalue weighted by molar-refractivity contribution is 0.102. The van der Waals surface area contributed by atoms with E-state index in [0.717, 1.165) is 0 Å². The van der Waals surface area contributed by atoms with Crippen molar-refractivity contribution < 1.29 is 13.9 Å². The number of benzene rings is 2. The summed E-state index contributed by atoms with van der Waals surface area (Å²) in [5.74, 6) is 0.545. The van der Waals surface area contributed by atoms with Crippen molar-refractivity contribution in [2.45, 2.75) is 5.16 Å². The van der Waals surface area contributed by atoms with Crippen LogP contribution in [0.5, 0.6) is 5.75 Å². The topological polar surface area (TPSA) is 44.1 Å².